The number of nitrogens with one attached hydrogen (secondary N) is 3. The second-order valence-electron chi connectivity index (χ2n) is 7.47. The van der Waals surface area contributed by atoms with Crippen molar-refractivity contribution < 1.29 is 4.74 Å². The number of ether oxygens (including phenoxy) is 1. The third-order valence-corrected chi connectivity index (χ3v) is 5.98. The van der Waals surface area contributed by atoms with Gasteiger partial charge < -0.3 is 20.4 Å². The minimum Gasteiger partial charge on any atom is -0.379 e. The second kappa shape index (κ2) is 8.09. The number of hydrogen-bond acceptors (Lipinski definition) is 3. The van der Waals surface area contributed by atoms with Crippen molar-refractivity contribution in [1.29, 1.82) is 0 Å². The van der Waals surface area contributed by atoms with Crippen molar-refractivity contribution in [2.24, 2.45) is 5.92 Å². The number of aryl methyl sites for hydroxylation is 2. The first kappa shape index (κ1) is 18.7. The standard InChI is InChI=1S/C20H29N3O.ClH/c1-13-14(2)23-19-7-6-15(10-17(13)19)11-22-18-5-3-4-16(18)20-12-24-9-8-21-20;/h6-7,10,16,18,20-23H,3-5,8-9,11-12H2,1-2H3;1H. The average Bonchev–Trinajstić information content (AvgIpc) is 3.19. The lowest BCUT2D eigenvalue weighted by Gasteiger charge is -2.33. The quantitative estimate of drug-likeness (QED) is 0.779. The van der Waals surface area contributed by atoms with Crippen molar-refractivity contribution in [3.05, 3.63) is 35.0 Å². The molecule has 0 spiro atoms. The zero-order valence-corrected chi connectivity index (χ0v) is 16.0. The van der Waals surface area contributed by atoms with Gasteiger partial charge >= 0.3 is 0 Å². The molecule has 1 aromatic carbocycles. The van der Waals surface area contributed by atoms with Crippen LogP contribution < -0.4 is 10.6 Å². The van der Waals surface area contributed by atoms with Gasteiger partial charge in [0.2, 0.25) is 0 Å². The zero-order valence-electron chi connectivity index (χ0n) is 15.2. The Bertz CT molecular complexity index is 708. The van der Waals surface area contributed by atoms with Gasteiger partial charge in [0.05, 0.1) is 13.2 Å². The van der Waals surface area contributed by atoms with Crippen LogP contribution in [0.2, 0.25) is 0 Å². The number of hydrogen-bond donors (Lipinski definition) is 3. The summed E-state index contributed by atoms with van der Waals surface area (Å²) in [5.41, 5.74) is 5.27. The number of fused-ring (bicyclic) bond motifs is 1. The number of benzene rings is 1. The number of H-pyrrole nitrogens is 1. The molecule has 25 heavy (non-hydrogen) atoms. The fourth-order valence-electron chi connectivity index (χ4n) is 4.45. The van der Waals surface area contributed by atoms with Gasteiger partial charge in [-0.25, -0.2) is 0 Å². The van der Waals surface area contributed by atoms with Crippen LogP contribution in [-0.4, -0.2) is 36.8 Å². The van der Waals surface area contributed by atoms with Crippen LogP contribution in [0, 0.1) is 19.8 Å². The Balaban J connectivity index is 0.00000182. The molecule has 0 radical (unpaired) electrons. The third kappa shape index (κ3) is 3.87. The number of morpholine rings is 1. The van der Waals surface area contributed by atoms with Crippen molar-refractivity contribution in [3.63, 3.8) is 0 Å². The van der Waals surface area contributed by atoms with Crippen molar-refractivity contribution in [3.8, 4) is 0 Å². The fourth-order valence-corrected chi connectivity index (χ4v) is 4.45. The highest BCUT2D eigenvalue weighted by Gasteiger charge is 2.34. The van der Waals surface area contributed by atoms with Gasteiger partial charge in [-0.3, -0.25) is 0 Å². The summed E-state index contributed by atoms with van der Waals surface area (Å²) in [6, 6.07) is 7.93. The molecule has 3 atom stereocenters. The third-order valence-electron chi connectivity index (χ3n) is 5.98. The first-order valence-corrected chi connectivity index (χ1v) is 9.34. The molecule has 5 heteroatoms. The van der Waals surface area contributed by atoms with Crippen LogP contribution in [0.1, 0.15) is 36.1 Å². The molecule has 2 heterocycles. The molecule has 1 aliphatic heterocycles. The predicted octanol–water partition coefficient (Wildman–Crippen LogP) is 3.45. The first-order valence-electron chi connectivity index (χ1n) is 9.34. The molecule has 1 saturated heterocycles. The fraction of sp³-hybridized carbons (Fsp3) is 0.600. The van der Waals surface area contributed by atoms with Crippen LogP contribution >= 0.6 is 12.4 Å². The minimum atomic E-state index is 0. The number of aromatic nitrogens is 1. The Labute approximate surface area is 156 Å². The molecular formula is C20H30ClN3O. The molecular weight excluding hydrogens is 334 g/mol. The lowest BCUT2D eigenvalue weighted by Crippen LogP contribution is -2.50. The first-order chi connectivity index (χ1) is 11.7. The van der Waals surface area contributed by atoms with Crippen LogP contribution in [0.4, 0.5) is 0 Å². The van der Waals surface area contributed by atoms with Crippen LogP contribution in [-0.2, 0) is 11.3 Å². The monoisotopic (exact) mass is 363 g/mol. The van der Waals surface area contributed by atoms with E-state index < -0.39 is 0 Å². The molecule has 1 aromatic heterocycles. The maximum absolute atomic E-state index is 5.68. The summed E-state index contributed by atoms with van der Waals surface area (Å²) in [4.78, 5) is 3.46. The molecule has 3 unspecified atom stereocenters. The Morgan fingerprint density at radius 3 is 2.92 bits per heavy atom. The minimum absolute atomic E-state index is 0. The summed E-state index contributed by atoms with van der Waals surface area (Å²) < 4.78 is 5.68. The summed E-state index contributed by atoms with van der Waals surface area (Å²) in [7, 11) is 0. The van der Waals surface area contributed by atoms with Crippen molar-refractivity contribution in [2.75, 3.05) is 19.8 Å². The van der Waals surface area contributed by atoms with Gasteiger partial charge in [0, 0.05) is 41.8 Å². The SMILES string of the molecule is Cc1[nH]c2ccc(CNC3CCCC3C3COCCN3)cc2c1C.Cl. The van der Waals surface area contributed by atoms with Crippen LogP contribution in [0.3, 0.4) is 0 Å². The Hall–Kier alpha value is -1.07. The molecule has 2 aliphatic rings. The highest BCUT2D eigenvalue weighted by atomic mass is 35.5. The zero-order chi connectivity index (χ0) is 16.5. The lowest BCUT2D eigenvalue weighted by molar-refractivity contribution is 0.0524. The maximum Gasteiger partial charge on any atom is 0.0623 e. The van der Waals surface area contributed by atoms with E-state index in [0.29, 0.717) is 18.0 Å². The Morgan fingerprint density at radius 1 is 1.24 bits per heavy atom. The molecule has 4 nitrogen and oxygen atoms in total. The topological polar surface area (TPSA) is 49.1 Å². The van der Waals surface area contributed by atoms with Gasteiger partial charge in [-0.2, -0.15) is 0 Å². The summed E-state index contributed by atoms with van der Waals surface area (Å²) >= 11 is 0. The van der Waals surface area contributed by atoms with Crippen molar-refractivity contribution >= 4 is 23.3 Å². The molecule has 2 fully saturated rings. The number of aromatic amines is 1. The average molecular weight is 364 g/mol. The van der Waals surface area contributed by atoms with Crippen molar-refractivity contribution in [1.82, 2.24) is 15.6 Å². The van der Waals surface area contributed by atoms with Gasteiger partial charge in [0.15, 0.2) is 0 Å². The van der Waals surface area contributed by atoms with Gasteiger partial charge in [-0.15, -0.1) is 12.4 Å². The highest BCUT2D eigenvalue weighted by Crippen LogP contribution is 2.30. The summed E-state index contributed by atoms with van der Waals surface area (Å²) in [5.74, 6) is 0.699. The van der Waals surface area contributed by atoms with E-state index in [1.54, 1.807) is 0 Å². The maximum atomic E-state index is 5.68. The van der Waals surface area contributed by atoms with E-state index in [1.807, 2.05) is 0 Å². The van der Waals surface area contributed by atoms with E-state index in [4.69, 9.17) is 4.74 Å². The predicted molar refractivity (Wildman–Crippen MR) is 106 cm³/mol. The molecule has 1 saturated carbocycles. The van der Waals surface area contributed by atoms with Crippen LogP contribution in [0.15, 0.2) is 18.2 Å². The molecule has 138 valence electrons. The van der Waals surface area contributed by atoms with Gasteiger partial charge in [-0.05, 0) is 55.9 Å². The normalized spacial score (nSPS) is 26.7. The Morgan fingerprint density at radius 2 is 2.12 bits per heavy atom. The van der Waals surface area contributed by atoms with Crippen LogP contribution in [0.25, 0.3) is 10.9 Å². The second-order valence-corrected chi connectivity index (χ2v) is 7.47. The van der Waals surface area contributed by atoms with Gasteiger partial charge in [0.1, 0.15) is 0 Å². The van der Waals surface area contributed by atoms with E-state index in [9.17, 15) is 0 Å². The summed E-state index contributed by atoms with van der Waals surface area (Å²) in [6.07, 6.45) is 3.93. The van der Waals surface area contributed by atoms with E-state index in [2.05, 4.69) is 47.7 Å². The summed E-state index contributed by atoms with van der Waals surface area (Å²) in [5, 5.41) is 8.84. The number of rotatable bonds is 4. The largest absolute Gasteiger partial charge is 0.379 e. The lowest BCUT2D eigenvalue weighted by atomic mass is 9.94. The molecule has 1 aliphatic carbocycles. The molecule has 3 N–H and O–H groups in total. The van der Waals surface area contributed by atoms with E-state index in [-0.39, 0.29) is 12.4 Å². The van der Waals surface area contributed by atoms with E-state index in [0.717, 1.165) is 26.3 Å². The molecule has 0 amide bonds. The highest BCUT2D eigenvalue weighted by molar-refractivity contribution is 5.85. The van der Waals surface area contributed by atoms with Gasteiger partial charge in [-0.1, -0.05) is 12.5 Å². The number of halogens is 1. The molecule has 0 bridgehead atoms. The van der Waals surface area contributed by atoms with Crippen molar-refractivity contribution in [2.45, 2.75) is 51.7 Å². The van der Waals surface area contributed by atoms with E-state index >= 15 is 0 Å². The van der Waals surface area contributed by atoms with Crippen LogP contribution in [0.5, 0.6) is 0 Å². The molecule has 4 rings (SSSR count). The van der Waals surface area contributed by atoms with Gasteiger partial charge in [0.25, 0.3) is 0 Å². The van der Waals surface area contributed by atoms with E-state index in [1.165, 1.54) is 47.0 Å². The molecule has 2 aromatic rings. The smallest absolute Gasteiger partial charge is 0.0623 e. The summed E-state index contributed by atoms with van der Waals surface area (Å²) in [6.45, 7) is 8.03. The Kier molecular flexibility index (Phi) is 6.05.